The van der Waals surface area contributed by atoms with E-state index in [1.807, 2.05) is 6.07 Å². The van der Waals surface area contributed by atoms with E-state index in [0.717, 1.165) is 0 Å². The fourth-order valence-corrected chi connectivity index (χ4v) is 1.97. The summed E-state index contributed by atoms with van der Waals surface area (Å²) in [5, 5.41) is 4.86. The van der Waals surface area contributed by atoms with Crippen molar-refractivity contribution in [1.82, 2.24) is 4.98 Å². The molecule has 0 radical (unpaired) electrons. The second-order valence-corrected chi connectivity index (χ2v) is 4.80. The lowest BCUT2D eigenvalue weighted by atomic mass is 10.2. The average Bonchev–Trinajstić information content (AvgIpc) is 2.61. The summed E-state index contributed by atoms with van der Waals surface area (Å²) in [5.74, 6) is -0.943. The van der Waals surface area contributed by atoms with Gasteiger partial charge in [0.2, 0.25) is 16.0 Å². The number of H-pyrrole nitrogens is 1. The van der Waals surface area contributed by atoms with Crippen LogP contribution in [0.2, 0.25) is 0 Å². The summed E-state index contributed by atoms with van der Waals surface area (Å²) in [6.45, 7) is 0. The highest BCUT2D eigenvalue weighted by atomic mass is 32.2. The Morgan fingerprint density at radius 2 is 1.81 bits per heavy atom. The zero-order valence-electron chi connectivity index (χ0n) is 8.14. The topological polar surface area (TPSA) is 76.0 Å². The van der Waals surface area contributed by atoms with Crippen molar-refractivity contribution in [3.63, 3.8) is 0 Å². The van der Waals surface area contributed by atoms with Crippen LogP contribution < -0.4 is 5.14 Å². The van der Waals surface area contributed by atoms with E-state index < -0.39 is 20.9 Å². The van der Waals surface area contributed by atoms with Gasteiger partial charge >= 0.3 is 0 Å². The molecule has 2 aromatic rings. The van der Waals surface area contributed by atoms with E-state index in [0.29, 0.717) is 11.3 Å². The van der Waals surface area contributed by atoms with Crippen LogP contribution in [0.1, 0.15) is 0 Å². The second-order valence-electron chi connectivity index (χ2n) is 3.27. The lowest BCUT2D eigenvalue weighted by Gasteiger charge is -1.94. The third-order valence-corrected chi connectivity index (χ3v) is 3.04. The molecule has 0 bridgehead atoms. The van der Waals surface area contributed by atoms with Crippen LogP contribution in [-0.2, 0) is 10.0 Å². The standard InChI is InChI=1S/C10H9FN2O2S/c11-10-9(16(12,14)15)6-8(13-10)7-4-2-1-3-5-7/h1-6,13H,(H2,12,14,15). The molecule has 6 heteroatoms. The number of hydrogen-bond donors (Lipinski definition) is 2. The number of sulfonamides is 1. The molecular weight excluding hydrogens is 231 g/mol. The minimum Gasteiger partial charge on any atom is -0.330 e. The van der Waals surface area contributed by atoms with E-state index in [2.05, 4.69) is 4.98 Å². The van der Waals surface area contributed by atoms with Crippen LogP contribution in [0.3, 0.4) is 0 Å². The summed E-state index contributed by atoms with van der Waals surface area (Å²) in [7, 11) is -4.03. The molecule has 1 heterocycles. The molecule has 0 spiro atoms. The maximum atomic E-state index is 13.3. The summed E-state index contributed by atoms with van der Waals surface area (Å²) < 4.78 is 35.3. The minimum atomic E-state index is -4.03. The SMILES string of the molecule is NS(=O)(=O)c1cc(-c2ccccc2)[nH]c1F. The van der Waals surface area contributed by atoms with Crippen LogP contribution in [0, 0.1) is 5.95 Å². The number of nitrogens with two attached hydrogens (primary N) is 1. The van der Waals surface area contributed by atoms with Crippen molar-refractivity contribution in [1.29, 1.82) is 0 Å². The Labute approximate surface area is 92.0 Å². The van der Waals surface area contributed by atoms with Crippen molar-refractivity contribution in [2.24, 2.45) is 5.14 Å². The highest BCUT2D eigenvalue weighted by Crippen LogP contribution is 2.22. The van der Waals surface area contributed by atoms with E-state index in [4.69, 9.17) is 5.14 Å². The van der Waals surface area contributed by atoms with Gasteiger partial charge in [0.15, 0.2) is 0 Å². The molecule has 1 aromatic heterocycles. The van der Waals surface area contributed by atoms with E-state index in [1.54, 1.807) is 24.3 Å². The Bertz CT molecular complexity index is 605. The van der Waals surface area contributed by atoms with Crippen molar-refractivity contribution >= 4 is 10.0 Å². The molecule has 0 aliphatic carbocycles. The Morgan fingerprint density at radius 1 is 1.19 bits per heavy atom. The summed E-state index contributed by atoms with van der Waals surface area (Å²) in [6.07, 6.45) is 0. The number of nitrogens with one attached hydrogen (secondary N) is 1. The average molecular weight is 240 g/mol. The van der Waals surface area contributed by atoms with Gasteiger partial charge in [0.05, 0.1) is 0 Å². The molecule has 0 aliphatic rings. The van der Waals surface area contributed by atoms with Gasteiger partial charge in [-0.25, -0.2) is 13.6 Å². The Kier molecular flexibility index (Phi) is 2.53. The van der Waals surface area contributed by atoms with Crippen molar-refractivity contribution in [2.75, 3.05) is 0 Å². The van der Waals surface area contributed by atoms with Crippen LogP contribution in [0.5, 0.6) is 0 Å². The molecule has 0 atom stereocenters. The van der Waals surface area contributed by atoms with Gasteiger partial charge in [-0.1, -0.05) is 30.3 Å². The Morgan fingerprint density at radius 3 is 2.31 bits per heavy atom. The zero-order valence-corrected chi connectivity index (χ0v) is 8.96. The number of aromatic amines is 1. The largest absolute Gasteiger partial charge is 0.330 e. The predicted molar refractivity (Wildman–Crippen MR) is 57.6 cm³/mol. The lowest BCUT2D eigenvalue weighted by Crippen LogP contribution is -2.12. The summed E-state index contributed by atoms with van der Waals surface area (Å²) in [4.78, 5) is 1.82. The third kappa shape index (κ3) is 1.98. The van der Waals surface area contributed by atoms with E-state index in [1.165, 1.54) is 6.07 Å². The van der Waals surface area contributed by atoms with Gasteiger partial charge in [-0.3, -0.25) is 0 Å². The Hall–Kier alpha value is -1.66. The van der Waals surface area contributed by atoms with Crippen LogP contribution in [0.15, 0.2) is 41.3 Å². The molecule has 16 heavy (non-hydrogen) atoms. The molecule has 0 unspecified atom stereocenters. The fourth-order valence-electron chi connectivity index (χ4n) is 1.39. The lowest BCUT2D eigenvalue weighted by molar-refractivity contribution is 0.550. The van der Waals surface area contributed by atoms with Crippen LogP contribution >= 0.6 is 0 Å². The number of aromatic nitrogens is 1. The predicted octanol–water partition coefficient (Wildman–Crippen LogP) is 1.47. The first-order chi connectivity index (χ1) is 7.48. The molecule has 0 amide bonds. The van der Waals surface area contributed by atoms with E-state index >= 15 is 0 Å². The Balaban J connectivity index is 2.55. The van der Waals surface area contributed by atoms with E-state index in [9.17, 15) is 12.8 Å². The molecule has 0 saturated carbocycles. The maximum absolute atomic E-state index is 13.3. The summed E-state index contributed by atoms with van der Waals surface area (Å²) in [6, 6.07) is 10.00. The summed E-state index contributed by atoms with van der Waals surface area (Å²) in [5.41, 5.74) is 1.07. The second kappa shape index (κ2) is 3.73. The summed E-state index contributed by atoms with van der Waals surface area (Å²) >= 11 is 0. The normalized spacial score (nSPS) is 11.6. The highest BCUT2D eigenvalue weighted by Gasteiger charge is 2.18. The van der Waals surface area contributed by atoms with Gasteiger partial charge in [-0.15, -0.1) is 0 Å². The molecule has 3 N–H and O–H groups in total. The number of hydrogen-bond acceptors (Lipinski definition) is 2. The molecule has 2 rings (SSSR count). The van der Waals surface area contributed by atoms with E-state index in [-0.39, 0.29) is 0 Å². The maximum Gasteiger partial charge on any atom is 0.242 e. The third-order valence-electron chi connectivity index (χ3n) is 2.13. The number of rotatable bonds is 2. The number of benzene rings is 1. The van der Waals surface area contributed by atoms with Crippen molar-refractivity contribution in [2.45, 2.75) is 4.90 Å². The first-order valence-corrected chi connectivity index (χ1v) is 6.00. The smallest absolute Gasteiger partial charge is 0.242 e. The van der Waals surface area contributed by atoms with Gasteiger partial charge in [-0.2, -0.15) is 4.39 Å². The molecule has 0 fully saturated rings. The highest BCUT2D eigenvalue weighted by molar-refractivity contribution is 7.89. The molecule has 84 valence electrons. The minimum absolute atomic E-state index is 0.377. The zero-order chi connectivity index (χ0) is 11.8. The van der Waals surface area contributed by atoms with Gasteiger partial charge in [-0.05, 0) is 11.6 Å². The first-order valence-electron chi connectivity index (χ1n) is 4.45. The van der Waals surface area contributed by atoms with Crippen LogP contribution in [0.25, 0.3) is 11.3 Å². The molecule has 0 saturated heterocycles. The molecule has 1 aromatic carbocycles. The van der Waals surface area contributed by atoms with Crippen LogP contribution in [-0.4, -0.2) is 13.4 Å². The van der Waals surface area contributed by atoms with Crippen LogP contribution in [0.4, 0.5) is 4.39 Å². The number of primary sulfonamides is 1. The molecular formula is C10H9FN2O2S. The van der Waals surface area contributed by atoms with Gasteiger partial charge in [0, 0.05) is 5.69 Å². The quantitative estimate of drug-likeness (QED) is 0.833. The van der Waals surface area contributed by atoms with Crippen molar-refractivity contribution < 1.29 is 12.8 Å². The monoisotopic (exact) mass is 240 g/mol. The van der Waals surface area contributed by atoms with Gasteiger partial charge in [0.25, 0.3) is 0 Å². The number of halogens is 1. The van der Waals surface area contributed by atoms with Gasteiger partial charge < -0.3 is 4.98 Å². The molecule has 4 nitrogen and oxygen atoms in total. The fraction of sp³-hybridized carbons (Fsp3) is 0. The first kappa shape index (κ1) is 10.8. The van der Waals surface area contributed by atoms with Crippen molar-refractivity contribution in [3.8, 4) is 11.3 Å². The van der Waals surface area contributed by atoms with Crippen molar-refractivity contribution in [3.05, 3.63) is 42.3 Å². The molecule has 0 aliphatic heterocycles. The van der Waals surface area contributed by atoms with Gasteiger partial charge in [0.1, 0.15) is 4.90 Å².